The Labute approximate surface area is 109 Å². The molecule has 1 aromatic rings. The number of anilines is 1. The van der Waals surface area contributed by atoms with Crippen molar-refractivity contribution in [2.45, 2.75) is 37.8 Å². The summed E-state index contributed by atoms with van der Waals surface area (Å²) in [5.74, 6) is 0. The van der Waals surface area contributed by atoms with Crippen molar-refractivity contribution in [3.05, 3.63) is 38.8 Å². The smallest absolute Gasteiger partial charge is 0.282 e. The molecule has 0 saturated heterocycles. The molecular weight excluding hydrogens is 246 g/mol. The lowest BCUT2D eigenvalue weighted by Gasteiger charge is -2.38. The van der Waals surface area contributed by atoms with E-state index in [-0.39, 0.29) is 0 Å². The first-order valence-corrected chi connectivity index (χ1v) is 6.33. The van der Waals surface area contributed by atoms with Gasteiger partial charge in [-0.1, -0.05) is 11.5 Å². The highest BCUT2D eigenvalue weighted by Crippen LogP contribution is 2.50. The minimum absolute atomic E-state index is 0.307. The zero-order valence-electron chi connectivity index (χ0n) is 10.3. The quantitative estimate of drug-likeness (QED) is 0.330. The minimum Gasteiger partial charge on any atom is -0.753 e. The SMILES string of the molecule is [N-]=[N+]=Nc1ccc2c(c1)N([O-])C1(CCCCC1)[N+]2=O. The van der Waals surface area contributed by atoms with E-state index in [9.17, 15) is 10.1 Å². The van der Waals surface area contributed by atoms with Crippen LogP contribution in [-0.4, -0.2) is 10.4 Å². The van der Waals surface area contributed by atoms with Crippen molar-refractivity contribution < 1.29 is 4.76 Å². The summed E-state index contributed by atoms with van der Waals surface area (Å²) in [7, 11) is 0. The van der Waals surface area contributed by atoms with Crippen LogP contribution in [0.4, 0.5) is 17.1 Å². The van der Waals surface area contributed by atoms with Crippen molar-refractivity contribution in [2.75, 3.05) is 5.06 Å². The van der Waals surface area contributed by atoms with Crippen molar-refractivity contribution in [3.63, 3.8) is 0 Å². The van der Waals surface area contributed by atoms with E-state index >= 15 is 0 Å². The van der Waals surface area contributed by atoms with E-state index in [1.165, 1.54) is 6.07 Å². The van der Waals surface area contributed by atoms with Gasteiger partial charge in [0.25, 0.3) is 11.4 Å². The van der Waals surface area contributed by atoms with Crippen LogP contribution in [-0.2, 0) is 0 Å². The van der Waals surface area contributed by atoms with Crippen LogP contribution in [0.25, 0.3) is 10.4 Å². The van der Waals surface area contributed by atoms with E-state index in [0.29, 0.717) is 29.9 Å². The van der Waals surface area contributed by atoms with Crippen LogP contribution >= 0.6 is 0 Å². The van der Waals surface area contributed by atoms with Crippen molar-refractivity contribution in [1.82, 2.24) is 0 Å². The predicted molar refractivity (Wildman–Crippen MR) is 70.2 cm³/mol. The Morgan fingerprint density at radius 3 is 2.79 bits per heavy atom. The summed E-state index contributed by atoms with van der Waals surface area (Å²) in [5, 5.41) is 16.8. The fourth-order valence-corrected chi connectivity index (χ4v) is 3.02. The average molecular weight is 259 g/mol. The van der Waals surface area contributed by atoms with Crippen molar-refractivity contribution in [3.8, 4) is 0 Å². The average Bonchev–Trinajstić information content (AvgIpc) is 2.64. The standard InChI is InChI=1S/C12H13N5O2/c13-15-14-9-4-5-10-11(8-9)17(19)12(16(10)18)6-2-1-3-7-12/h4-5,8H,1-3,6-7H2. The van der Waals surface area contributed by atoms with Gasteiger partial charge in [0.15, 0.2) is 0 Å². The third-order valence-corrected chi connectivity index (χ3v) is 3.97. The van der Waals surface area contributed by atoms with Crippen LogP contribution in [0, 0.1) is 10.1 Å². The third kappa shape index (κ3) is 1.59. The van der Waals surface area contributed by atoms with Crippen LogP contribution in [0.15, 0.2) is 23.3 Å². The summed E-state index contributed by atoms with van der Waals surface area (Å²) in [6.45, 7) is 0. The number of rotatable bonds is 1. The molecule has 1 spiro atoms. The highest BCUT2D eigenvalue weighted by Gasteiger charge is 2.55. The molecule has 1 aliphatic carbocycles. The molecule has 0 radical (unpaired) electrons. The Hall–Kier alpha value is -2.11. The van der Waals surface area contributed by atoms with Gasteiger partial charge in [-0.15, -0.1) is 0 Å². The summed E-state index contributed by atoms with van der Waals surface area (Å²) in [4.78, 5) is 15.1. The lowest BCUT2D eigenvalue weighted by molar-refractivity contribution is -0.547. The fraction of sp³-hybridized carbons (Fsp3) is 0.500. The Balaban J connectivity index is 2.08. The minimum atomic E-state index is -0.991. The molecule has 1 fully saturated rings. The van der Waals surface area contributed by atoms with Crippen LogP contribution in [0.3, 0.4) is 0 Å². The summed E-state index contributed by atoms with van der Waals surface area (Å²) >= 11 is 0. The maximum absolute atomic E-state index is 12.5. The number of hydrogen-bond acceptors (Lipinski definition) is 4. The Morgan fingerprint density at radius 2 is 2.11 bits per heavy atom. The molecule has 0 atom stereocenters. The number of nitroso groups, excluding NO2 is 1. The van der Waals surface area contributed by atoms with E-state index in [1.54, 1.807) is 12.1 Å². The second kappa shape index (κ2) is 4.22. The lowest BCUT2D eigenvalue weighted by atomic mass is 9.89. The van der Waals surface area contributed by atoms with Crippen molar-refractivity contribution >= 4 is 17.1 Å². The van der Waals surface area contributed by atoms with E-state index in [4.69, 9.17) is 5.53 Å². The number of hydroxylamine groups is 1. The molecule has 0 N–H and O–H groups in total. The molecule has 1 saturated carbocycles. The topological polar surface area (TPSA) is 95.1 Å². The Morgan fingerprint density at radius 1 is 1.37 bits per heavy atom. The molecule has 2 aliphatic rings. The van der Waals surface area contributed by atoms with Gasteiger partial charge in [0.2, 0.25) is 0 Å². The summed E-state index contributed by atoms with van der Waals surface area (Å²) in [6.07, 6.45) is 3.98. The largest absolute Gasteiger partial charge is 0.753 e. The molecule has 3 rings (SSSR count). The van der Waals surface area contributed by atoms with Crippen LogP contribution < -0.4 is 5.06 Å². The maximum Gasteiger partial charge on any atom is 0.282 e. The first-order valence-electron chi connectivity index (χ1n) is 6.33. The van der Waals surface area contributed by atoms with E-state index in [1.807, 2.05) is 0 Å². The second-order valence-electron chi connectivity index (χ2n) is 4.99. The summed E-state index contributed by atoms with van der Waals surface area (Å²) < 4.78 is 0.842. The highest BCUT2D eigenvalue weighted by molar-refractivity contribution is 5.72. The predicted octanol–water partition coefficient (Wildman–Crippen LogP) is 4.02. The molecule has 1 aromatic carbocycles. The molecule has 1 aliphatic heterocycles. The number of benzene rings is 1. The molecule has 0 unspecified atom stereocenters. The maximum atomic E-state index is 12.5. The van der Waals surface area contributed by atoms with Gasteiger partial charge in [0.05, 0.1) is 4.76 Å². The van der Waals surface area contributed by atoms with Gasteiger partial charge in [-0.2, -0.15) is 0 Å². The molecular formula is C12H13N5O2. The molecule has 19 heavy (non-hydrogen) atoms. The van der Waals surface area contributed by atoms with Gasteiger partial charge < -0.3 is 10.3 Å². The summed E-state index contributed by atoms with van der Waals surface area (Å²) in [5.41, 5.74) is 8.46. The number of fused-ring (bicyclic) bond motifs is 1. The van der Waals surface area contributed by atoms with Gasteiger partial charge >= 0.3 is 0 Å². The second-order valence-corrected chi connectivity index (χ2v) is 4.99. The Bertz CT molecular complexity index is 588. The normalized spacial score (nSPS) is 20.3. The molecule has 0 bridgehead atoms. The number of azide groups is 1. The molecule has 7 heteroatoms. The zero-order chi connectivity index (χ0) is 13.5. The zero-order valence-corrected chi connectivity index (χ0v) is 10.3. The van der Waals surface area contributed by atoms with Gasteiger partial charge in [-0.3, -0.25) is 0 Å². The Kier molecular flexibility index (Phi) is 2.66. The molecule has 1 heterocycles. The number of nitrogens with zero attached hydrogens (tertiary/aromatic N) is 5. The highest BCUT2D eigenvalue weighted by atomic mass is 16.5. The lowest BCUT2D eigenvalue weighted by Crippen LogP contribution is -2.49. The number of hydrogen-bond donors (Lipinski definition) is 0. The van der Waals surface area contributed by atoms with Gasteiger partial charge in [-0.25, -0.2) is 0 Å². The van der Waals surface area contributed by atoms with Crippen LogP contribution in [0.1, 0.15) is 32.1 Å². The first kappa shape index (κ1) is 12.0. The third-order valence-electron chi connectivity index (χ3n) is 3.97. The van der Waals surface area contributed by atoms with E-state index < -0.39 is 5.66 Å². The van der Waals surface area contributed by atoms with Gasteiger partial charge in [-0.05, 0) is 30.5 Å². The fourth-order valence-electron chi connectivity index (χ4n) is 3.02. The van der Waals surface area contributed by atoms with Crippen molar-refractivity contribution in [1.29, 1.82) is 0 Å². The molecule has 7 nitrogen and oxygen atoms in total. The first-order chi connectivity index (χ1) is 9.19. The van der Waals surface area contributed by atoms with Crippen molar-refractivity contribution in [2.24, 2.45) is 5.11 Å². The molecule has 0 aromatic heterocycles. The van der Waals surface area contributed by atoms with E-state index in [2.05, 4.69) is 10.0 Å². The monoisotopic (exact) mass is 259 g/mol. The van der Waals surface area contributed by atoms with Gasteiger partial charge in [0.1, 0.15) is 5.69 Å². The van der Waals surface area contributed by atoms with Crippen LogP contribution in [0.2, 0.25) is 0 Å². The van der Waals surface area contributed by atoms with E-state index in [0.717, 1.165) is 29.1 Å². The molecule has 0 amide bonds. The van der Waals surface area contributed by atoms with Crippen LogP contribution in [0.5, 0.6) is 0 Å². The molecule has 98 valence electrons. The summed E-state index contributed by atoms with van der Waals surface area (Å²) in [6, 6.07) is 4.59. The van der Waals surface area contributed by atoms with Gasteiger partial charge in [0, 0.05) is 34.4 Å².